The van der Waals surface area contributed by atoms with Crippen LogP contribution in [0.3, 0.4) is 0 Å². The van der Waals surface area contributed by atoms with Crippen LogP contribution in [-0.2, 0) is 21.3 Å². The lowest BCUT2D eigenvalue weighted by Gasteiger charge is -2.33. The zero-order chi connectivity index (χ0) is 13.2. The molecule has 1 fully saturated rings. The first kappa shape index (κ1) is 13.5. The van der Waals surface area contributed by atoms with E-state index in [-0.39, 0.29) is 17.6 Å². The zero-order valence-corrected chi connectivity index (χ0v) is 11.1. The Bertz CT molecular complexity index is 499. The third-order valence-corrected chi connectivity index (χ3v) is 4.83. The SMILES string of the molecule is CCn1cnc(S(=O)(=O)N2CCOCC2CN)c1. The van der Waals surface area contributed by atoms with Crippen LogP contribution >= 0.6 is 0 Å². The van der Waals surface area contributed by atoms with Crippen molar-refractivity contribution < 1.29 is 13.2 Å². The van der Waals surface area contributed by atoms with Crippen LogP contribution in [0.4, 0.5) is 0 Å². The number of aryl methyl sites for hydroxylation is 1. The monoisotopic (exact) mass is 274 g/mol. The Labute approximate surface area is 107 Å². The molecule has 1 atom stereocenters. The number of hydrogen-bond donors (Lipinski definition) is 1. The van der Waals surface area contributed by atoms with Crippen LogP contribution in [0.15, 0.2) is 17.6 Å². The normalized spacial score (nSPS) is 22.2. The number of nitrogens with two attached hydrogens (primary N) is 1. The van der Waals surface area contributed by atoms with Crippen LogP contribution in [0, 0.1) is 0 Å². The van der Waals surface area contributed by atoms with Gasteiger partial charge in [-0.15, -0.1) is 0 Å². The Hall–Kier alpha value is -0.960. The number of sulfonamides is 1. The van der Waals surface area contributed by atoms with E-state index in [9.17, 15) is 8.42 Å². The number of nitrogens with zero attached hydrogens (tertiary/aromatic N) is 3. The van der Waals surface area contributed by atoms with Crippen LogP contribution in [0.2, 0.25) is 0 Å². The zero-order valence-electron chi connectivity index (χ0n) is 10.3. The van der Waals surface area contributed by atoms with E-state index >= 15 is 0 Å². The molecular formula is C10H18N4O3S. The number of hydrogen-bond acceptors (Lipinski definition) is 5. The molecule has 1 aromatic rings. The number of rotatable bonds is 4. The van der Waals surface area contributed by atoms with Gasteiger partial charge in [-0.05, 0) is 6.92 Å². The standard InChI is InChI=1S/C10H18N4O3S/c1-2-13-6-10(12-8-13)18(15,16)14-3-4-17-7-9(14)5-11/h6,8-9H,2-5,7,11H2,1H3. The Balaban J connectivity index is 2.28. The van der Waals surface area contributed by atoms with Crippen molar-refractivity contribution >= 4 is 10.0 Å². The van der Waals surface area contributed by atoms with Crippen molar-refractivity contribution in [3.63, 3.8) is 0 Å². The first-order chi connectivity index (χ1) is 8.59. The summed E-state index contributed by atoms with van der Waals surface area (Å²) in [6.45, 7) is 3.91. The van der Waals surface area contributed by atoms with E-state index in [1.165, 1.54) is 10.6 Å². The number of morpholine rings is 1. The molecule has 102 valence electrons. The molecule has 1 aliphatic heterocycles. The molecule has 1 saturated heterocycles. The molecule has 1 aromatic heterocycles. The van der Waals surface area contributed by atoms with Crippen molar-refractivity contribution in [3.8, 4) is 0 Å². The minimum atomic E-state index is -3.57. The highest BCUT2D eigenvalue weighted by Crippen LogP contribution is 2.18. The van der Waals surface area contributed by atoms with Gasteiger partial charge in [-0.3, -0.25) is 0 Å². The smallest absolute Gasteiger partial charge is 0.262 e. The van der Waals surface area contributed by atoms with E-state index in [0.29, 0.717) is 26.3 Å². The van der Waals surface area contributed by atoms with E-state index in [4.69, 9.17) is 10.5 Å². The fourth-order valence-electron chi connectivity index (χ4n) is 1.91. The maximum absolute atomic E-state index is 12.4. The highest BCUT2D eigenvalue weighted by Gasteiger charge is 2.34. The van der Waals surface area contributed by atoms with E-state index in [0.717, 1.165) is 0 Å². The Morgan fingerprint density at radius 3 is 3.00 bits per heavy atom. The van der Waals surface area contributed by atoms with Crippen LogP contribution in [0.5, 0.6) is 0 Å². The summed E-state index contributed by atoms with van der Waals surface area (Å²) >= 11 is 0. The van der Waals surface area contributed by atoms with E-state index < -0.39 is 10.0 Å². The molecule has 7 nitrogen and oxygen atoms in total. The highest BCUT2D eigenvalue weighted by atomic mass is 32.2. The van der Waals surface area contributed by atoms with Gasteiger partial charge in [-0.2, -0.15) is 4.31 Å². The number of ether oxygens (including phenoxy) is 1. The first-order valence-electron chi connectivity index (χ1n) is 5.91. The summed E-state index contributed by atoms with van der Waals surface area (Å²) in [6.07, 6.45) is 3.06. The maximum Gasteiger partial charge on any atom is 0.262 e. The summed E-state index contributed by atoms with van der Waals surface area (Å²) in [4.78, 5) is 3.95. The fraction of sp³-hybridized carbons (Fsp3) is 0.700. The summed E-state index contributed by atoms with van der Waals surface area (Å²) in [5, 5.41) is 0.0738. The number of imidazole rings is 1. The van der Waals surface area contributed by atoms with Crippen LogP contribution in [0.1, 0.15) is 6.92 Å². The predicted molar refractivity (Wildman–Crippen MR) is 65.5 cm³/mol. The Morgan fingerprint density at radius 2 is 2.39 bits per heavy atom. The van der Waals surface area contributed by atoms with E-state index in [1.807, 2.05) is 6.92 Å². The van der Waals surface area contributed by atoms with Crippen molar-refractivity contribution in [1.29, 1.82) is 0 Å². The van der Waals surface area contributed by atoms with Gasteiger partial charge < -0.3 is 15.0 Å². The van der Waals surface area contributed by atoms with Gasteiger partial charge in [0.25, 0.3) is 10.0 Å². The summed E-state index contributed by atoms with van der Waals surface area (Å²) in [6, 6.07) is -0.310. The van der Waals surface area contributed by atoms with Crippen molar-refractivity contribution in [2.75, 3.05) is 26.3 Å². The molecule has 2 rings (SSSR count). The topological polar surface area (TPSA) is 90.5 Å². The maximum atomic E-state index is 12.4. The molecule has 8 heteroatoms. The lowest BCUT2D eigenvalue weighted by atomic mass is 10.3. The summed E-state index contributed by atoms with van der Waals surface area (Å²) in [7, 11) is -3.57. The minimum Gasteiger partial charge on any atom is -0.378 e. The quantitative estimate of drug-likeness (QED) is 0.780. The summed E-state index contributed by atoms with van der Waals surface area (Å²) in [5.74, 6) is 0. The lowest BCUT2D eigenvalue weighted by molar-refractivity contribution is 0.0357. The van der Waals surface area contributed by atoms with Gasteiger partial charge in [0.05, 0.1) is 25.6 Å². The largest absolute Gasteiger partial charge is 0.378 e. The molecule has 1 aliphatic rings. The summed E-state index contributed by atoms with van der Waals surface area (Å²) < 4.78 is 33.2. The molecule has 0 aliphatic carbocycles. The van der Waals surface area contributed by atoms with Crippen LogP contribution < -0.4 is 5.73 Å². The summed E-state index contributed by atoms with van der Waals surface area (Å²) in [5.41, 5.74) is 5.59. The molecular weight excluding hydrogens is 256 g/mol. The molecule has 0 amide bonds. The second kappa shape index (κ2) is 5.35. The molecule has 0 aromatic carbocycles. The minimum absolute atomic E-state index is 0.0738. The third-order valence-electron chi connectivity index (χ3n) is 2.99. The Kier molecular flexibility index (Phi) is 4.00. The van der Waals surface area contributed by atoms with Crippen molar-refractivity contribution in [2.24, 2.45) is 5.73 Å². The van der Waals surface area contributed by atoms with Gasteiger partial charge in [0.1, 0.15) is 0 Å². The average Bonchev–Trinajstić information content (AvgIpc) is 2.88. The Morgan fingerprint density at radius 1 is 1.61 bits per heavy atom. The van der Waals surface area contributed by atoms with Crippen molar-refractivity contribution in [3.05, 3.63) is 12.5 Å². The van der Waals surface area contributed by atoms with Crippen LogP contribution in [-0.4, -0.2) is 54.6 Å². The van der Waals surface area contributed by atoms with E-state index in [2.05, 4.69) is 4.98 Å². The van der Waals surface area contributed by atoms with Gasteiger partial charge in [-0.1, -0.05) is 0 Å². The molecule has 0 bridgehead atoms. The molecule has 0 spiro atoms. The highest BCUT2D eigenvalue weighted by molar-refractivity contribution is 7.89. The first-order valence-corrected chi connectivity index (χ1v) is 7.35. The van der Waals surface area contributed by atoms with Gasteiger partial charge in [0.15, 0.2) is 5.03 Å². The van der Waals surface area contributed by atoms with Crippen molar-refractivity contribution in [2.45, 2.75) is 24.5 Å². The van der Waals surface area contributed by atoms with Gasteiger partial charge in [-0.25, -0.2) is 13.4 Å². The average molecular weight is 274 g/mol. The van der Waals surface area contributed by atoms with Crippen LogP contribution in [0.25, 0.3) is 0 Å². The predicted octanol–water partition coefficient (Wildman–Crippen LogP) is -0.749. The molecule has 0 saturated carbocycles. The lowest BCUT2D eigenvalue weighted by Crippen LogP contribution is -2.51. The second-order valence-corrected chi connectivity index (χ2v) is 5.96. The second-order valence-electron chi connectivity index (χ2n) is 4.12. The molecule has 1 unspecified atom stereocenters. The van der Waals surface area contributed by atoms with Gasteiger partial charge in [0, 0.05) is 25.8 Å². The molecule has 2 heterocycles. The van der Waals surface area contributed by atoms with Gasteiger partial charge in [0.2, 0.25) is 0 Å². The van der Waals surface area contributed by atoms with Gasteiger partial charge >= 0.3 is 0 Å². The van der Waals surface area contributed by atoms with E-state index in [1.54, 1.807) is 10.8 Å². The fourth-order valence-corrected chi connectivity index (χ4v) is 3.45. The molecule has 0 radical (unpaired) electrons. The molecule has 18 heavy (non-hydrogen) atoms. The number of aromatic nitrogens is 2. The third kappa shape index (κ3) is 2.41. The van der Waals surface area contributed by atoms with Crippen molar-refractivity contribution in [1.82, 2.24) is 13.9 Å². The molecule has 2 N–H and O–H groups in total.